The van der Waals surface area contributed by atoms with Crippen LogP contribution in [0.2, 0.25) is 0 Å². The van der Waals surface area contributed by atoms with Gasteiger partial charge in [0.05, 0.1) is 6.42 Å². The Bertz CT molecular complexity index is 564. The summed E-state index contributed by atoms with van der Waals surface area (Å²) < 4.78 is 5.27. The van der Waals surface area contributed by atoms with Crippen molar-refractivity contribution in [1.29, 1.82) is 0 Å². The summed E-state index contributed by atoms with van der Waals surface area (Å²) in [6.45, 7) is 2.29. The van der Waals surface area contributed by atoms with Crippen molar-refractivity contribution in [1.82, 2.24) is 0 Å². The molecule has 0 saturated heterocycles. The molecule has 33 heavy (non-hydrogen) atoms. The van der Waals surface area contributed by atoms with Gasteiger partial charge in [-0.15, -0.1) is 0 Å². The van der Waals surface area contributed by atoms with E-state index in [1.165, 1.54) is 122 Å². The molecule has 188 valence electrons. The monoisotopic (exact) mass is 456 g/mol. The zero-order chi connectivity index (χ0) is 23.7. The Balaban J connectivity index is 1.73. The smallest absolute Gasteiger partial charge is 0.315 e. The second kappa shape index (κ2) is 23.6. The molecular formula is C31H52O2. The van der Waals surface area contributed by atoms with Gasteiger partial charge in [-0.25, -0.2) is 0 Å². The molecule has 2 heteroatoms. The Labute approximate surface area is 205 Å². The lowest BCUT2D eigenvalue weighted by Gasteiger charge is -2.04. The van der Waals surface area contributed by atoms with Crippen LogP contribution >= 0.6 is 0 Å². The number of carbonyl (C=O) groups is 1. The molecule has 0 aliphatic heterocycles. The van der Waals surface area contributed by atoms with Crippen molar-refractivity contribution in [2.75, 3.05) is 0 Å². The lowest BCUT2D eigenvalue weighted by molar-refractivity contribution is -0.133. The van der Waals surface area contributed by atoms with Gasteiger partial charge in [0, 0.05) is 0 Å². The third-order valence-electron chi connectivity index (χ3n) is 6.40. The summed E-state index contributed by atoms with van der Waals surface area (Å²) in [7, 11) is 0. The number of hydrogen-bond acceptors (Lipinski definition) is 2. The number of ether oxygens (including phenoxy) is 1. The van der Waals surface area contributed by atoms with E-state index in [2.05, 4.69) is 13.0 Å². The molecule has 0 saturated carbocycles. The predicted molar refractivity (Wildman–Crippen MR) is 144 cm³/mol. The van der Waals surface area contributed by atoms with E-state index < -0.39 is 0 Å². The van der Waals surface area contributed by atoms with Crippen LogP contribution in [0.5, 0.6) is 5.75 Å². The number of unbranched alkanes of at least 4 members (excludes halogenated alkanes) is 19. The average Bonchev–Trinajstić information content (AvgIpc) is 2.83. The summed E-state index contributed by atoms with van der Waals surface area (Å²) >= 11 is 0. The number of hydrogen-bond donors (Lipinski definition) is 0. The zero-order valence-electron chi connectivity index (χ0n) is 21.7. The van der Waals surface area contributed by atoms with Gasteiger partial charge in [-0.2, -0.15) is 0 Å². The van der Waals surface area contributed by atoms with Gasteiger partial charge in [-0.05, 0) is 25.0 Å². The van der Waals surface area contributed by atoms with E-state index in [1.807, 2.05) is 24.3 Å². The number of benzene rings is 1. The predicted octanol–water partition coefficient (Wildman–Crippen LogP) is 10.4. The molecule has 0 aliphatic rings. The van der Waals surface area contributed by atoms with Crippen molar-refractivity contribution < 1.29 is 9.53 Å². The number of allylic oxidation sites excluding steroid dienone is 1. The number of rotatable bonds is 23. The van der Waals surface area contributed by atoms with E-state index in [4.69, 9.17) is 4.74 Å². The average molecular weight is 457 g/mol. The molecule has 0 aliphatic carbocycles. The summed E-state index contributed by atoms with van der Waals surface area (Å²) in [6, 6.07) is 9.27. The minimum Gasteiger partial charge on any atom is -0.426 e. The summed E-state index contributed by atoms with van der Waals surface area (Å²) in [5.74, 6) is 0.431. The zero-order valence-corrected chi connectivity index (χ0v) is 21.7. The highest BCUT2D eigenvalue weighted by Gasteiger charge is 2.01. The van der Waals surface area contributed by atoms with E-state index in [0.717, 1.165) is 6.42 Å². The van der Waals surface area contributed by atoms with Gasteiger partial charge in [0.1, 0.15) is 5.75 Å². The quantitative estimate of drug-likeness (QED) is 0.0708. The van der Waals surface area contributed by atoms with Crippen molar-refractivity contribution in [3.05, 3.63) is 42.5 Å². The van der Waals surface area contributed by atoms with Crippen LogP contribution in [0, 0.1) is 0 Å². The SMILES string of the molecule is CCCCCCCCCCCCCCCCCCCCCC=CCC(=O)Oc1ccccc1. The summed E-state index contributed by atoms with van der Waals surface area (Å²) in [5, 5.41) is 0. The third kappa shape index (κ3) is 20.7. The highest BCUT2D eigenvalue weighted by molar-refractivity contribution is 5.73. The van der Waals surface area contributed by atoms with E-state index in [-0.39, 0.29) is 5.97 Å². The topological polar surface area (TPSA) is 26.3 Å². The summed E-state index contributed by atoms with van der Waals surface area (Å²) in [4.78, 5) is 11.7. The third-order valence-corrected chi connectivity index (χ3v) is 6.40. The second-order valence-corrected chi connectivity index (χ2v) is 9.62. The second-order valence-electron chi connectivity index (χ2n) is 9.62. The first-order chi connectivity index (χ1) is 16.3. The number of carbonyl (C=O) groups excluding carboxylic acids is 1. The molecule has 0 heterocycles. The number of para-hydroxylation sites is 1. The van der Waals surface area contributed by atoms with Crippen LogP contribution in [0.25, 0.3) is 0 Å². The Morgan fingerprint density at radius 3 is 1.48 bits per heavy atom. The van der Waals surface area contributed by atoms with Gasteiger partial charge in [0.15, 0.2) is 0 Å². The summed E-state index contributed by atoms with van der Waals surface area (Å²) in [5.41, 5.74) is 0. The van der Waals surface area contributed by atoms with Crippen molar-refractivity contribution >= 4 is 5.97 Å². The van der Waals surface area contributed by atoms with Gasteiger partial charge >= 0.3 is 5.97 Å². The molecule has 1 aromatic carbocycles. The maximum atomic E-state index is 11.7. The van der Waals surface area contributed by atoms with Crippen LogP contribution in [0.4, 0.5) is 0 Å². The molecule has 0 spiro atoms. The molecule has 0 amide bonds. The first-order valence-corrected chi connectivity index (χ1v) is 14.2. The fraction of sp³-hybridized carbons (Fsp3) is 0.710. The summed E-state index contributed by atoms with van der Waals surface area (Å²) in [6.07, 6.45) is 32.3. The van der Waals surface area contributed by atoms with Crippen LogP contribution in [0.1, 0.15) is 142 Å². The standard InChI is InChI=1S/C31H52O2/c1-2-3-4-5-6-7-8-9-10-11-12-13-14-15-16-17-18-19-20-21-22-26-29-31(32)33-30-27-24-23-25-28-30/h22-28H,2-21,29H2,1H3. The van der Waals surface area contributed by atoms with Crippen LogP contribution in [-0.4, -0.2) is 5.97 Å². The molecular weight excluding hydrogens is 404 g/mol. The minimum absolute atomic E-state index is 0.189. The van der Waals surface area contributed by atoms with E-state index in [0.29, 0.717) is 12.2 Å². The molecule has 0 atom stereocenters. The molecule has 0 aromatic heterocycles. The maximum Gasteiger partial charge on any atom is 0.315 e. The van der Waals surface area contributed by atoms with Crippen LogP contribution in [0.3, 0.4) is 0 Å². The fourth-order valence-electron chi connectivity index (χ4n) is 4.30. The Hall–Kier alpha value is -1.57. The molecule has 1 rings (SSSR count). The fourth-order valence-corrected chi connectivity index (χ4v) is 4.30. The largest absolute Gasteiger partial charge is 0.426 e. The van der Waals surface area contributed by atoms with E-state index in [9.17, 15) is 4.79 Å². The molecule has 0 radical (unpaired) electrons. The highest BCUT2D eigenvalue weighted by atomic mass is 16.5. The van der Waals surface area contributed by atoms with Crippen molar-refractivity contribution in [3.63, 3.8) is 0 Å². The van der Waals surface area contributed by atoms with Crippen molar-refractivity contribution in [3.8, 4) is 5.75 Å². The van der Waals surface area contributed by atoms with E-state index >= 15 is 0 Å². The van der Waals surface area contributed by atoms with Crippen molar-refractivity contribution in [2.45, 2.75) is 142 Å². The normalized spacial score (nSPS) is 11.3. The van der Waals surface area contributed by atoms with Gasteiger partial charge in [0.2, 0.25) is 0 Å². The van der Waals surface area contributed by atoms with Crippen LogP contribution in [0.15, 0.2) is 42.5 Å². The molecule has 0 bridgehead atoms. The van der Waals surface area contributed by atoms with Gasteiger partial charge in [0.25, 0.3) is 0 Å². The lowest BCUT2D eigenvalue weighted by atomic mass is 10.0. The van der Waals surface area contributed by atoms with Gasteiger partial charge < -0.3 is 4.74 Å². The molecule has 1 aromatic rings. The van der Waals surface area contributed by atoms with Crippen LogP contribution < -0.4 is 4.74 Å². The number of esters is 1. The first-order valence-electron chi connectivity index (χ1n) is 14.2. The van der Waals surface area contributed by atoms with Gasteiger partial charge in [-0.3, -0.25) is 4.79 Å². The van der Waals surface area contributed by atoms with E-state index in [1.54, 1.807) is 12.1 Å². The minimum atomic E-state index is -0.189. The maximum absolute atomic E-state index is 11.7. The highest BCUT2D eigenvalue weighted by Crippen LogP contribution is 2.15. The Morgan fingerprint density at radius 2 is 1.03 bits per heavy atom. The Kier molecular flexibility index (Phi) is 21.1. The molecule has 2 nitrogen and oxygen atoms in total. The van der Waals surface area contributed by atoms with Crippen LogP contribution in [-0.2, 0) is 4.79 Å². The lowest BCUT2D eigenvalue weighted by Crippen LogP contribution is -2.05. The molecule has 0 fully saturated rings. The first kappa shape index (κ1) is 29.5. The van der Waals surface area contributed by atoms with Crippen molar-refractivity contribution in [2.24, 2.45) is 0 Å². The molecule has 0 unspecified atom stereocenters. The molecule has 0 N–H and O–H groups in total. The van der Waals surface area contributed by atoms with Gasteiger partial charge in [-0.1, -0.05) is 153 Å². The Morgan fingerprint density at radius 1 is 0.606 bits per heavy atom.